The molecule has 0 saturated carbocycles. The molecule has 0 aromatic carbocycles. The maximum absolute atomic E-state index is 12.6. The second kappa shape index (κ2) is 8.29. The fourth-order valence-corrected chi connectivity index (χ4v) is 3.56. The summed E-state index contributed by atoms with van der Waals surface area (Å²) in [4.78, 5) is 27.5. The highest BCUT2D eigenvalue weighted by molar-refractivity contribution is 5.79. The Bertz CT molecular complexity index is 925. The van der Waals surface area contributed by atoms with E-state index in [1.807, 2.05) is 33.8 Å². The standard InChI is InChI=1S/C21H24N6O/c1-2-3-12-27-21(24-20(25-27)17-6-10-23-11-7-17)18-13-19(28)26(15-18)14-16-4-8-22-9-5-16/h4-11,18H,2-3,12-15H2,1H3. The summed E-state index contributed by atoms with van der Waals surface area (Å²) in [6.07, 6.45) is 9.61. The van der Waals surface area contributed by atoms with E-state index in [0.717, 1.165) is 36.3 Å². The number of aryl methyl sites for hydroxylation is 1. The second-order valence-corrected chi connectivity index (χ2v) is 7.14. The van der Waals surface area contributed by atoms with Gasteiger partial charge in [0.1, 0.15) is 5.82 Å². The second-order valence-electron chi connectivity index (χ2n) is 7.14. The molecule has 7 nitrogen and oxygen atoms in total. The van der Waals surface area contributed by atoms with Crippen molar-refractivity contribution in [2.45, 2.75) is 45.2 Å². The van der Waals surface area contributed by atoms with Crippen LogP contribution < -0.4 is 0 Å². The fourth-order valence-electron chi connectivity index (χ4n) is 3.56. The van der Waals surface area contributed by atoms with Gasteiger partial charge in [0.2, 0.25) is 5.91 Å². The minimum Gasteiger partial charge on any atom is -0.338 e. The Kier molecular flexibility index (Phi) is 5.41. The van der Waals surface area contributed by atoms with Gasteiger partial charge in [-0.05, 0) is 36.2 Å². The van der Waals surface area contributed by atoms with E-state index in [9.17, 15) is 4.79 Å². The lowest BCUT2D eigenvalue weighted by Gasteiger charge is -2.16. The van der Waals surface area contributed by atoms with Crippen LogP contribution in [-0.2, 0) is 17.9 Å². The van der Waals surface area contributed by atoms with E-state index in [1.165, 1.54) is 0 Å². The number of hydrogen-bond donors (Lipinski definition) is 0. The van der Waals surface area contributed by atoms with Gasteiger partial charge in [-0.3, -0.25) is 14.8 Å². The van der Waals surface area contributed by atoms with Crippen LogP contribution in [0, 0.1) is 0 Å². The van der Waals surface area contributed by atoms with Gasteiger partial charge in [-0.2, -0.15) is 5.10 Å². The van der Waals surface area contributed by atoms with Gasteiger partial charge in [0.15, 0.2) is 5.82 Å². The quantitative estimate of drug-likeness (QED) is 0.633. The van der Waals surface area contributed by atoms with Crippen molar-refractivity contribution in [3.05, 3.63) is 60.4 Å². The highest BCUT2D eigenvalue weighted by Crippen LogP contribution is 2.30. The Morgan fingerprint density at radius 1 is 1.07 bits per heavy atom. The summed E-state index contributed by atoms with van der Waals surface area (Å²) in [6.45, 7) is 4.26. The molecule has 1 aliphatic rings. The Hall–Kier alpha value is -3.09. The zero-order valence-electron chi connectivity index (χ0n) is 16.0. The first-order chi connectivity index (χ1) is 13.7. The van der Waals surface area contributed by atoms with Crippen LogP contribution in [0.4, 0.5) is 0 Å². The average Bonchev–Trinajstić information content (AvgIpc) is 3.31. The molecule has 1 unspecified atom stereocenters. The third-order valence-corrected chi connectivity index (χ3v) is 5.06. The van der Waals surface area contributed by atoms with Crippen LogP contribution in [0.25, 0.3) is 11.4 Å². The van der Waals surface area contributed by atoms with Crippen LogP contribution in [0.1, 0.15) is 43.5 Å². The predicted octanol–water partition coefficient (Wildman–Crippen LogP) is 3.05. The van der Waals surface area contributed by atoms with E-state index in [2.05, 4.69) is 16.9 Å². The van der Waals surface area contributed by atoms with Crippen molar-refractivity contribution in [1.82, 2.24) is 29.6 Å². The fraction of sp³-hybridized carbons (Fsp3) is 0.381. The highest BCUT2D eigenvalue weighted by Gasteiger charge is 2.34. The summed E-state index contributed by atoms with van der Waals surface area (Å²) in [7, 11) is 0. The van der Waals surface area contributed by atoms with Crippen LogP contribution in [0.5, 0.6) is 0 Å². The third kappa shape index (κ3) is 3.93. The molecule has 7 heteroatoms. The number of nitrogens with zero attached hydrogens (tertiary/aromatic N) is 6. The topological polar surface area (TPSA) is 76.8 Å². The molecule has 4 rings (SSSR count). The van der Waals surface area contributed by atoms with Gasteiger partial charge >= 0.3 is 0 Å². The van der Waals surface area contributed by atoms with Gasteiger partial charge in [-0.15, -0.1) is 0 Å². The molecular weight excluding hydrogens is 352 g/mol. The summed E-state index contributed by atoms with van der Waals surface area (Å²) in [5.74, 6) is 1.84. The Labute approximate surface area is 164 Å². The molecule has 144 valence electrons. The lowest BCUT2D eigenvalue weighted by Crippen LogP contribution is -2.24. The molecule has 0 spiro atoms. The maximum atomic E-state index is 12.6. The number of unbranched alkanes of at least 4 members (excludes halogenated alkanes) is 1. The van der Waals surface area contributed by atoms with Crippen LogP contribution >= 0.6 is 0 Å². The SMILES string of the molecule is CCCCn1nc(-c2ccncc2)nc1C1CC(=O)N(Cc2ccncc2)C1. The number of hydrogen-bond acceptors (Lipinski definition) is 5. The lowest BCUT2D eigenvalue weighted by atomic mass is 10.1. The molecule has 1 amide bonds. The van der Waals surface area contributed by atoms with Gasteiger partial charge in [-0.25, -0.2) is 9.67 Å². The number of amides is 1. The van der Waals surface area contributed by atoms with E-state index < -0.39 is 0 Å². The number of carbonyl (C=O) groups is 1. The molecule has 0 aliphatic carbocycles. The molecule has 4 heterocycles. The van der Waals surface area contributed by atoms with Crippen molar-refractivity contribution in [3.63, 3.8) is 0 Å². The van der Waals surface area contributed by atoms with E-state index in [-0.39, 0.29) is 11.8 Å². The Balaban J connectivity index is 1.57. The molecule has 0 radical (unpaired) electrons. The van der Waals surface area contributed by atoms with Gasteiger partial charge in [0, 0.05) is 62.3 Å². The van der Waals surface area contributed by atoms with Crippen molar-refractivity contribution in [2.24, 2.45) is 0 Å². The maximum Gasteiger partial charge on any atom is 0.223 e. The van der Waals surface area contributed by atoms with E-state index in [1.54, 1.807) is 24.8 Å². The van der Waals surface area contributed by atoms with Gasteiger partial charge < -0.3 is 4.90 Å². The molecule has 1 aliphatic heterocycles. The lowest BCUT2D eigenvalue weighted by molar-refractivity contribution is -0.128. The van der Waals surface area contributed by atoms with Crippen molar-refractivity contribution >= 4 is 5.91 Å². The van der Waals surface area contributed by atoms with E-state index in [0.29, 0.717) is 25.3 Å². The molecule has 0 N–H and O–H groups in total. The molecule has 1 saturated heterocycles. The van der Waals surface area contributed by atoms with Crippen LogP contribution in [-0.4, -0.2) is 42.1 Å². The Morgan fingerprint density at radius 2 is 1.79 bits per heavy atom. The smallest absolute Gasteiger partial charge is 0.223 e. The molecule has 3 aromatic rings. The number of rotatable bonds is 7. The first kappa shape index (κ1) is 18.3. The van der Waals surface area contributed by atoms with Crippen molar-refractivity contribution in [3.8, 4) is 11.4 Å². The Morgan fingerprint density at radius 3 is 2.50 bits per heavy atom. The molecule has 3 aromatic heterocycles. The van der Waals surface area contributed by atoms with Crippen LogP contribution in [0.2, 0.25) is 0 Å². The van der Waals surface area contributed by atoms with Crippen LogP contribution in [0.3, 0.4) is 0 Å². The summed E-state index contributed by atoms with van der Waals surface area (Å²) < 4.78 is 1.99. The third-order valence-electron chi connectivity index (χ3n) is 5.06. The summed E-state index contributed by atoms with van der Waals surface area (Å²) >= 11 is 0. The van der Waals surface area contributed by atoms with E-state index >= 15 is 0 Å². The van der Waals surface area contributed by atoms with Crippen molar-refractivity contribution in [2.75, 3.05) is 6.54 Å². The predicted molar refractivity (Wildman–Crippen MR) is 105 cm³/mol. The van der Waals surface area contributed by atoms with Crippen molar-refractivity contribution in [1.29, 1.82) is 0 Å². The molecule has 1 fully saturated rings. The minimum atomic E-state index is 0.0641. The summed E-state index contributed by atoms with van der Waals surface area (Å²) in [5.41, 5.74) is 2.04. The average molecular weight is 376 g/mol. The molecule has 28 heavy (non-hydrogen) atoms. The van der Waals surface area contributed by atoms with Crippen molar-refractivity contribution < 1.29 is 4.79 Å². The van der Waals surface area contributed by atoms with Gasteiger partial charge in [0.05, 0.1) is 0 Å². The summed E-state index contributed by atoms with van der Waals surface area (Å²) in [6, 6.07) is 7.73. The highest BCUT2D eigenvalue weighted by atomic mass is 16.2. The largest absolute Gasteiger partial charge is 0.338 e. The molecular formula is C21H24N6O. The van der Waals surface area contributed by atoms with Gasteiger partial charge in [0.25, 0.3) is 0 Å². The monoisotopic (exact) mass is 376 g/mol. The summed E-state index contributed by atoms with van der Waals surface area (Å²) in [5, 5.41) is 4.74. The van der Waals surface area contributed by atoms with Gasteiger partial charge in [-0.1, -0.05) is 13.3 Å². The first-order valence-electron chi connectivity index (χ1n) is 9.76. The first-order valence-corrected chi connectivity index (χ1v) is 9.76. The number of likely N-dealkylation sites (tertiary alicyclic amines) is 1. The van der Waals surface area contributed by atoms with Crippen LogP contribution in [0.15, 0.2) is 49.1 Å². The number of pyridine rings is 2. The number of carbonyl (C=O) groups excluding carboxylic acids is 1. The number of aromatic nitrogens is 5. The minimum absolute atomic E-state index is 0.0641. The molecule has 0 bridgehead atoms. The zero-order valence-corrected chi connectivity index (χ0v) is 16.0. The van der Waals surface area contributed by atoms with E-state index in [4.69, 9.17) is 10.1 Å². The normalized spacial score (nSPS) is 16.7. The molecule has 1 atom stereocenters. The zero-order chi connectivity index (χ0) is 19.3.